The number of nitrogens with zero attached hydrogens (tertiary/aromatic N) is 5. The number of ketones is 1. The number of aryl methyl sites for hydroxylation is 1. The van der Waals surface area contributed by atoms with Crippen LogP contribution in [0.2, 0.25) is 0 Å². The van der Waals surface area contributed by atoms with Crippen molar-refractivity contribution < 1.29 is 22.7 Å². The highest BCUT2D eigenvalue weighted by Gasteiger charge is 2.27. The van der Waals surface area contributed by atoms with Gasteiger partial charge in [-0.1, -0.05) is 0 Å². The molecule has 32 heavy (non-hydrogen) atoms. The van der Waals surface area contributed by atoms with Gasteiger partial charge in [0.2, 0.25) is 10.0 Å². The summed E-state index contributed by atoms with van der Waals surface area (Å²) in [6.45, 7) is 0.0436. The van der Waals surface area contributed by atoms with Crippen molar-refractivity contribution in [2.45, 2.75) is 24.3 Å². The molecule has 11 nitrogen and oxygen atoms in total. The minimum atomic E-state index is -3.57. The molecule has 3 heterocycles. The van der Waals surface area contributed by atoms with E-state index in [-0.39, 0.29) is 15.8 Å². The molecule has 1 aromatic carbocycles. The molecule has 1 aliphatic heterocycles. The van der Waals surface area contributed by atoms with Crippen LogP contribution in [0.5, 0.6) is 0 Å². The van der Waals surface area contributed by atoms with E-state index >= 15 is 0 Å². The standard InChI is InChI=1S/C20H21N5O6S/c1-23-19-16(10-22-23)20(28)24(13-21-19)11-18(27)31-12-17(26)14-4-6-15(7-5-14)32(29,30)25-8-2-3-9-25/h4-7,10,13H,2-3,8-9,11-12H2,1H3. The van der Waals surface area contributed by atoms with E-state index in [1.165, 1.54) is 45.8 Å². The molecule has 2 aromatic heterocycles. The topological polar surface area (TPSA) is 133 Å². The van der Waals surface area contributed by atoms with E-state index < -0.39 is 40.5 Å². The van der Waals surface area contributed by atoms with Gasteiger partial charge in [0.05, 0.1) is 11.1 Å². The van der Waals surface area contributed by atoms with Crippen molar-refractivity contribution in [2.24, 2.45) is 7.05 Å². The van der Waals surface area contributed by atoms with Gasteiger partial charge in [-0.2, -0.15) is 9.40 Å². The van der Waals surface area contributed by atoms with Crippen LogP contribution in [0, 0.1) is 0 Å². The Kier molecular flexibility index (Phi) is 5.89. The van der Waals surface area contributed by atoms with Gasteiger partial charge in [-0.25, -0.2) is 13.4 Å². The Hall–Kier alpha value is -3.38. The van der Waals surface area contributed by atoms with E-state index in [1.54, 1.807) is 7.05 Å². The summed E-state index contributed by atoms with van der Waals surface area (Å²) in [5.74, 6) is -1.27. The second-order valence-electron chi connectivity index (χ2n) is 7.40. The molecular formula is C20H21N5O6S. The van der Waals surface area contributed by atoms with Gasteiger partial charge < -0.3 is 4.74 Å². The minimum absolute atomic E-state index is 0.116. The van der Waals surface area contributed by atoms with Crippen LogP contribution in [0.4, 0.5) is 0 Å². The zero-order valence-corrected chi connectivity index (χ0v) is 18.1. The Morgan fingerprint density at radius 1 is 1.12 bits per heavy atom. The zero-order valence-electron chi connectivity index (χ0n) is 17.3. The fourth-order valence-corrected chi connectivity index (χ4v) is 5.00. The first-order valence-corrected chi connectivity index (χ1v) is 11.4. The molecule has 1 saturated heterocycles. The van der Waals surface area contributed by atoms with Crippen LogP contribution in [-0.4, -0.2) is 63.5 Å². The third-order valence-electron chi connectivity index (χ3n) is 5.26. The van der Waals surface area contributed by atoms with Crippen LogP contribution in [0.25, 0.3) is 11.0 Å². The van der Waals surface area contributed by atoms with Crippen molar-refractivity contribution in [3.05, 3.63) is 52.7 Å². The molecule has 0 bridgehead atoms. The number of hydrogen-bond donors (Lipinski definition) is 0. The molecule has 12 heteroatoms. The summed E-state index contributed by atoms with van der Waals surface area (Å²) < 4.78 is 34.0. The largest absolute Gasteiger partial charge is 0.456 e. The first-order valence-electron chi connectivity index (χ1n) is 9.93. The molecule has 1 fully saturated rings. The quantitative estimate of drug-likeness (QED) is 0.365. The lowest BCUT2D eigenvalue weighted by molar-refractivity contribution is -0.143. The van der Waals surface area contributed by atoms with Crippen molar-refractivity contribution in [1.82, 2.24) is 23.6 Å². The molecule has 0 N–H and O–H groups in total. The first kappa shape index (κ1) is 21.8. The van der Waals surface area contributed by atoms with E-state index in [4.69, 9.17) is 4.74 Å². The number of rotatable bonds is 7. The van der Waals surface area contributed by atoms with Gasteiger partial charge >= 0.3 is 5.97 Å². The van der Waals surface area contributed by atoms with Gasteiger partial charge in [-0.3, -0.25) is 23.6 Å². The lowest BCUT2D eigenvalue weighted by Gasteiger charge is -2.15. The van der Waals surface area contributed by atoms with Crippen LogP contribution in [-0.2, 0) is 33.1 Å². The summed E-state index contributed by atoms with van der Waals surface area (Å²) in [4.78, 5) is 41.0. The number of carbonyl (C=O) groups excluding carboxylic acids is 2. The molecule has 0 unspecified atom stereocenters. The van der Waals surface area contributed by atoms with Gasteiger partial charge in [0.15, 0.2) is 18.0 Å². The molecule has 1 aliphatic rings. The predicted molar refractivity (Wildman–Crippen MR) is 112 cm³/mol. The van der Waals surface area contributed by atoms with Gasteiger partial charge in [-0.15, -0.1) is 0 Å². The summed E-state index contributed by atoms with van der Waals surface area (Å²) in [5, 5.41) is 4.22. The molecule has 0 radical (unpaired) electrons. The number of aromatic nitrogens is 4. The highest BCUT2D eigenvalue weighted by atomic mass is 32.2. The van der Waals surface area contributed by atoms with Crippen molar-refractivity contribution in [3.63, 3.8) is 0 Å². The highest BCUT2D eigenvalue weighted by Crippen LogP contribution is 2.21. The van der Waals surface area contributed by atoms with E-state index in [0.29, 0.717) is 18.7 Å². The molecule has 168 valence electrons. The van der Waals surface area contributed by atoms with Crippen LogP contribution >= 0.6 is 0 Å². The van der Waals surface area contributed by atoms with E-state index in [9.17, 15) is 22.8 Å². The number of benzene rings is 1. The fraction of sp³-hybridized carbons (Fsp3) is 0.350. The third kappa shape index (κ3) is 4.18. The first-order chi connectivity index (χ1) is 15.3. The number of hydrogen-bond acceptors (Lipinski definition) is 8. The highest BCUT2D eigenvalue weighted by molar-refractivity contribution is 7.89. The Morgan fingerprint density at radius 2 is 1.81 bits per heavy atom. The Morgan fingerprint density at radius 3 is 2.50 bits per heavy atom. The molecule has 0 atom stereocenters. The monoisotopic (exact) mass is 459 g/mol. The van der Waals surface area contributed by atoms with E-state index in [2.05, 4.69) is 10.1 Å². The number of esters is 1. The zero-order chi connectivity index (χ0) is 22.9. The maximum absolute atomic E-state index is 12.5. The number of fused-ring (bicyclic) bond motifs is 1. The predicted octanol–water partition coefficient (Wildman–Crippen LogP) is 0.341. The molecule has 0 saturated carbocycles. The second-order valence-corrected chi connectivity index (χ2v) is 9.34. The average molecular weight is 459 g/mol. The molecular weight excluding hydrogens is 438 g/mol. The maximum atomic E-state index is 12.5. The summed E-state index contributed by atoms with van der Waals surface area (Å²) in [6.07, 6.45) is 4.25. The van der Waals surface area contributed by atoms with Crippen molar-refractivity contribution >= 4 is 32.8 Å². The number of sulfonamides is 1. The van der Waals surface area contributed by atoms with Crippen LogP contribution in [0.3, 0.4) is 0 Å². The normalized spacial score (nSPS) is 14.7. The molecule has 4 rings (SSSR count). The van der Waals surface area contributed by atoms with Gasteiger partial charge in [0.25, 0.3) is 5.56 Å². The van der Waals surface area contributed by atoms with Crippen LogP contribution in [0.1, 0.15) is 23.2 Å². The summed E-state index contributed by atoms with van der Waals surface area (Å²) >= 11 is 0. The molecule has 0 amide bonds. The van der Waals surface area contributed by atoms with Crippen LogP contribution in [0.15, 0.2) is 46.5 Å². The third-order valence-corrected chi connectivity index (χ3v) is 7.17. The second kappa shape index (κ2) is 8.63. The lowest BCUT2D eigenvalue weighted by Crippen LogP contribution is -2.28. The lowest BCUT2D eigenvalue weighted by atomic mass is 10.1. The Bertz CT molecular complexity index is 1340. The number of carbonyl (C=O) groups is 2. The van der Waals surface area contributed by atoms with Gasteiger partial charge in [-0.05, 0) is 37.1 Å². The maximum Gasteiger partial charge on any atom is 0.326 e. The van der Waals surface area contributed by atoms with E-state index in [0.717, 1.165) is 17.4 Å². The smallest absolute Gasteiger partial charge is 0.326 e. The van der Waals surface area contributed by atoms with Crippen molar-refractivity contribution in [2.75, 3.05) is 19.7 Å². The summed E-state index contributed by atoms with van der Waals surface area (Å²) in [7, 11) is -1.92. The molecule has 0 spiro atoms. The molecule has 3 aromatic rings. The summed E-state index contributed by atoms with van der Waals surface area (Å²) in [5.41, 5.74) is 0.167. The number of ether oxygens (including phenoxy) is 1. The SMILES string of the molecule is Cn1ncc2c(=O)n(CC(=O)OCC(=O)c3ccc(S(=O)(=O)N4CCCC4)cc3)cnc21. The van der Waals surface area contributed by atoms with Crippen molar-refractivity contribution in [3.8, 4) is 0 Å². The molecule has 0 aliphatic carbocycles. The Balaban J connectivity index is 1.37. The summed E-state index contributed by atoms with van der Waals surface area (Å²) in [6, 6.07) is 5.53. The van der Waals surface area contributed by atoms with Gasteiger partial charge in [0.1, 0.15) is 18.3 Å². The minimum Gasteiger partial charge on any atom is -0.456 e. The fourth-order valence-electron chi connectivity index (χ4n) is 3.48. The van der Waals surface area contributed by atoms with E-state index in [1.807, 2.05) is 0 Å². The van der Waals surface area contributed by atoms with Crippen LogP contribution < -0.4 is 5.56 Å². The van der Waals surface area contributed by atoms with Crippen molar-refractivity contribution in [1.29, 1.82) is 0 Å². The Labute approximate surface area is 183 Å². The van der Waals surface area contributed by atoms with Gasteiger partial charge in [0, 0.05) is 25.7 Å². The number of Topliss-reactive ketones (excluding diaryl/α,β-unsaturated/α-hetero) is 1. The average Bonchev–Trinajstić information content (AvgIpc) is 3.45.